The van der Waals surface area contributed by atoms with Crippen LogP contribution in [0.15, 0.2) is 18.2 Å². The fraction of sp³-hybridized carbons (Fsp3) is 0.429. The van der Waals surface area contributed by atoms with E-state index in [0.29, 0.717) is 23.3 Å². The smallest absolute Gasteiger partial charge is 0.408 e. The van der Waals surface area contributed by atoms with Crippen LogP contribution in [0, 0.1) is 0 Å². The Labute approximate surface area is 117 Å². The van der Waals surface area contributed by atoms with Gasteiger partial charge in [0.05, 0.1) is 0 Å². The lowest BCUT2D eigenvalue weighted by Gasteiger charge is -2.21. The molecule has 0 aliphatic carbocycles. The Morgan fingerprint density at radius 2 is 2.05 bits per heavy atom. The van der Waals surface area contributed by atoms with Gasteiger partial charge >= 0.3 is 6.09 Å². The van der Waals surface area contributed by atoms with Crippen molar-refractivity contribution in [2.45, 2.75) is 32.4 Å². The van der Waals surface area contributed by atoms with Gasteiger partial charge in [0.1, 0.15) is 17.9 Å². The standard InChI is InChI=1S/C14H17NO5/c1-14(2,3)20-13(17)15-10(7-16)9-4-5-11-12(6-9)19-8-18-11/h4-7,10H,8H2,1-3H3,(H,15,17). The summed E-state index contributed by atoms with van der Waals surface area (Å²) < 4.78 is 15.5. The largest absolute Gasteiger partial charge is 0.454 e. The summed E-state index contributed by atoms with van der Waals surface area (Å²) in [6, 6.07) is 4.27. The number of ether oxygens (including phenoxy) is 3. The number of rotatable bonds is 3. The van der Waals surface area contributed by atoms with E-state index in [4.69, 9.17) is 14.2 Å². The van der Waals surface area contributed by atoms with E-state index in [9.17, 15) is 9.59 Å². The Bertz CT molecular complexity index is 521. The topological polar surface area (TPSA) is 73.9 Å². The molecule has 0 saturated carbocycles. The molecule has 0 fully saturated rings. The molecule has 2 rings (SSSR count). The molecule has 6 nitrogen and oxygen atoms in total. The maximum absolute atomic E-state index is 11.7. The van der Waals surface area contributed by atoms with Crippen LogP contribution in [-0.4, -0.2) is 24.8 Å². The highest BCUT2D eigenvalue weighted by Crippen LogP contribution is 2.33. The molecule has 1 aromatic rings. The summed E-state index contributed by atoms with van der Waals surface area (Å²) in [6.45, 7) is 5.42. The number of fused-ring (bicyclic) bond motifs is 1. The first-order chi connectivity index (χ1) is 9.39. The van der Waals surface area contributed by atoms with Gasteiger partial charge in [-0.2, -0.15) is 0 Å². The Kier molecular flexibility index (Phi) is 3.83. The van der Waals surface area contributed by atoms with Crippen LogP contribution in [0.3, 0.4) is 0 Å². The molecule has 1 atom stereocenters. The zero-order chi connectivity index (χ0) is 14.8. The number of amides is 1. The van der Waals surface area contributed by atoms with Gasteiger partial charge in [-0.3, -0.25) is 0 Å². The lowest BCUT2D eigenvalue weighted by Crippen LogP contribution is -2.35. The monoisotopic (exact) mass is 279 g/mol. The van der Waals surface area contributed by atoms with Crippen molar-refractivity contribution in [1.82, 2.24) is 5.32 Å². The minimum atomic E-state index is -0.792. The molecule has 1 amide bonds. The van der Waals surface area contributed by atoms with Gasteiger partial charge in [-0.05, 0) is 38.5 Å². The van der Waals surface area contributed by atoms with E-state index in [2.05, 4.69) is 5.32 Å². The summed E-state index contributed by atoms with van der Waals surface area (Å²) in [6.07, 6.45) is -0.00572. The van der Waals surface area contributed by atoms with E-state index in [-0.39, 0.29) is 6.79 Å². The van der Waals surface area contributed by atoms with Gasteiger partial charge in [-0.15, -0.1) is 0 Å². The van der Waals surface area contributed by atoms with Gasteiger partial charge in [0, 0.05) is 0 Å². The van der Waals surface area contributed by atoms with E-state index in [1.807, 2.05) is 0 Å². The molecule has 1 N–H and O–H groups in total. The fourth-order valence-corrected chi connectivity index (χ4v) is 1.74. The van der Waals surface area contributed by atoms with Gasteiger partial charge in [0.15, 0.2) is 11.5 Å². The third-order valence-corrected chi connectivity index (χ3v) is 2.56. The SMILES string of the molecule is CC(C)(C)OC(=O)NC(C=O)c1ccc2c(c1)OCO2. The van der Waals surface area contributed by atoms with E-state index < -0.39 is 17.7 Å². The fourth-order valence-electron chi connectivity index (χ4n) is 1.74. The van der Waals surface area contributed by atoms with Gasteiger partial charge < -0.3 is 24.3 Å². The highest BCUT2D eigenvalue weighted by molar-refractivity contribution is 5.75. The normalized spacial score (nSPS) is 14.6. The van der Waals surface area contributed by atoms with Gasteiger partial charge in [0.25, 0.3) is 0 Å². The molecular weight excluding hydrogens is 262 g/mol. The number of carbonyl (C=O) groups is 2. The molecule has 1 unspecified atom stereocenters. The van der Waals surface area contributed by atoms with Crippen molar-refractivity contribution in [1.29, 1.82) is 0 Å². The zero-order valence-electron chi connectivity index (χ0n) is 11.6. The van der Waals surface area contributed by atoms with Crippen molar-refractivity contribution in [3.8, 4) is 11.5 Å². The van der Waals surface area contributed by atoms with E-state index in [1.54, 1.807) is 39.0 Å². The second-order valence-corrected chi connectivity index (χ2v) is 5.37. The van der Waals surface area contributed by atoms with E-state index in [0.717, 1.165) is 0 Å². The molecule has 0 spiro atoms. The number of hydrogen-bond acceptors (Lipinski definition) is 5. The van der Waals surface area contributed by atoms with E-state index >= 15 is 0 Å². The first kappa shape index (κ1) is 14.2. The Balaban J connectivity index is 2.09. The molecule has 1 aromatic carbocycles. The molecule has 0 aromatic heterocycles. The quantitative estimate of drug-likeness (QED) is 0.858. The predicted molar refractivity (Wildman–Crippen MR) is 70.7 cm³/mol. The van der Waals surface area contributed by atoms with Gasteiger partial charge in [-0.25, -0.2) is 4.79 Å². The number of alkyl carbamates (subject to hydrolysis) is 1. The van der Waals surface area contributed by atoms with Crippen LogP contribution in [0.5, 0.6) is 11.5 Å². The molecule has 1 heterocycles. The summed E-state index contributed by atoms with van der Waals surface area (Å²) in [4.78, 5) is 22.9. The summed E-state index contributed by atoms with van der Waals surface area (Å²) >= 11 is 0. The first-order valence-corrected chi connectivity index (χ1v) is 6.23. The summed E-state index contributed by atoms with van der Waals surface area (Å²) in [5.74, 6) is 1.18. The van der Waals surface area contributed by atoms with Crippen molar-refractivity contribution < 1.29 is 23.8 Å². The second-order valence-electron chi connectivity index (χ2n) is 5.37. The van der Waals surface area contributed by atoms with Gasteiger partial charge in [0.2, 0.25) is 6.79 Å². The molecule has 1 aliphatic rings. The van der Waals surface area contributed by atoms with Crippen molar-refractivity contribution in [2.75, 3.05) is 6.79 Å². The number of carbonyl (C=O) groups excluding carboxylic acids is 2. The van der Waals surface area contributed by atoms with Crippen molar-refractivity contribution in [3.63, 3.8) is 0 Å². The van der Waals surface area contributed by atoms with Crippen molar-refractivity contribution in [2.24, 2.45) is 0 Å². The maximum atomic E-state index is 11.7. The maximum Gasteiger partial charge on any atom is 0.408 e. The van der Waals surface area contributed by atoms with Crippen molar-refractivity contribution >= 4 is 12.4 Å². The molecule has 1 aliphatic heterocycles. The molecule has 0 saturated heterocycles. The minimum absolute atomic E-state index is 0.157. The van der Waals surface area contributed by atoms with Crippen LogP contribution in [0.4, 0.5) is 4.79 Å². The summed E-state index contributed by atoms with van der Waals surface area (Å²) in [5, 5.41) is 2.51. The highest BCUT2D eigenvalue weighted by Gasteiger charge is 2.22. The highest BCUT2D eigenvalue weighted by atomic mass is 16.7. The molecule has 108 valence electrons. The Hall–Kier alpha value is -2.24. The minimum Gasteiger partial charge on any atom is -0.454 e. The Morgan fingerprint density at radius 3 is 2.70 bits per heavy atom. The van der Waals surface area contributed by atoms with Crippen LogP contribution >= 0.6 is 0 Å². The molecule has 0 radical (unpaired) electrons. The molecule has 20 heavy (non-hydrogen) atoms. The molecular formula is C14H17NO5. The molecule has 6 heteroatoms. The lowest BCUT2D eigenvalue weighted by atomic mass is 10.1. The Morgan fingerprint density at radius 1 is 1.35 bits per heavy atom. The molecule has 0 bridgehead atoms. The third kappa shape index (κ3) is 3.40. The number of nitrogens with one attached hydrogen (secondary N) is 1. The average Bonchev–Trinajstić information content (AvgIpc) is 2.80. The summed E-state index contributed by atoms with van der Waals surface area (Å²) in [7, 11) is 0. The van der Waals surface area contributed by atoms with Crippen LogP contribution in [-0.2, 0) is 9.53 Å². The zero-order valence-corrected chi connectivity index (χ0v) is 11.6. The number of aldehydes is 1. The predicted octanol–water partition coefficient (Wildman–Crippen LogP) is 2.18. The first-order valence-electron chi connectivity index (χ1n) is 6.23. The van der Waals surface area contributed by atoms with Crippen LogP contribution < -0.4 is 14.8 Å². The van der Waals surface area contributed by atoms with Crippen LogP contribution in [0.2, 0.25) is 0 Å². The van der Waals surface area contributed by atoms with Gasteiger partial charge in [-0.1, -0.05) is 6.07 Å². The van der Waals surface area contributed by atoms with Crippen LogP contribution in [0.1, 0.15) is 32.4 Å². The van der Waals surface area contributed by atoms with Crippen LogP contribution in [0.25, 0.3) is 0 Å². The lowest BCUT2D eigenvalue weighted by molar-refractivity contribution is -0.109. The average molecular weight is 279 g/mol. The number of benzene rings is 1. The number of hydrogen-bond donors (Lipinski definition) is 1. The summed E-state index contributed by atoms with van der Waals surface area (Å²) in [5.41, 5.74) is -0.0121. The van der Waals surface area contributed by atoms with Crippen molar-refractivity contribution in [3.05, 3.63) is 23.8 Å². The van der Waals surface area contributed by atoms with E-state index in [1.165, 1.54) is 0 Å². The third-order valence-electron chi connectivity index (χ3n) is 2.56. The second kappa shape index (κ2) is 5.40.